The van der Waals surface area contributed by atoms with Crippen molar-refractivity contribution in [2.75, 3.05) is 18.4 Å². The molecule has 10 heteroatoms. The van der Waals surface area contributed by atoms with E-state index in [-0.39, 0.29) is 17.8 Å². The number of anilines is 1. The number of carbonyl (C=O) groups is 1. The van der Waals surface area contributed by atoms with Gasteiger partial charge in [0.05, 0.1) is 0 Å². The van der Waals surface area contributed by atoms with Gasteiger partial charge in [0.15, 0.2) is 0 Å². The number of carbonyl (C=O) groups excluding carboxylic acids is 1. The summed E-state index contributed by atoms with van der Waals surface area (Å²) in [5, 5.41) is 9.76. The molecule has 2 aromatic rings. The monoisotopic (exact) mass is 374 g/mol. The van der Waals surface area contributed by atoms with Crippen LogP contribution in [-0.4, -0.2) is 34.2 Å². The molecule has 134 valence electrons. The van der Waals surface area contributed by atoms with Gasteiger partial charge in [-0.3, -0.25) is 0 Å². The Hall–Kier alpha value is -2.29. The van der Waals surface area contributed by atoms with E-state index < -0.39 is 12.1 Å². The van der Waals surface area contributed by atoms with E-state index >= 15 is 0 Å². The second-order valence-corrected chi connectivity index (χ2v) is 6.08. The first-order valence-corrected chi connectivity index (χ1v) is 7.93. The van der Waals surface area contributed by atoms with Crippen molar-refractivity contribution in [2.45, 2.75) is 24.9 Å². The number of nitrogens with zero attached hydrogens (tertiary/aromatic N) is 3. The highest BCUT2D eigenvalue weighted by Gasteiger charge is 2.39. The number of benzene rings is 1. The molecule has 1 aromatic carbocycles. The van der Waals surface area contributed by atoms with Crippen LogP contribution in [-0.2, 0) is 6.18 Å². The van der Waals surface area contributed by atoms with Crippen LogP contribution in [0.3, 0.4) is 0 Å². The number of urea groups is 1. The summed E-state index contributed by atoms with van der Waals surface area (Å²) >= 11 is 5.87. The Bertz CT molecular complexity index is 757. The van der Waals surface area contributed by atoms with Crippen molar-refractivity contribution in [3.05, 3.63) is 41.1 Å². The summed E-state index contributed by atoms with van der Waals surface area (Å²) in [5.41, 5.74) is 0.575. The molecule has 6 nitrogen and oxygen atoms in total. The van der Waals surface area contributed by atoms with Gasteiger partial charge in [0.1, 0.15) is 0 Å². The Balaban J connectivity index is 1.56. The van der Waals surface area contributed by atoms with E-state index in [2.05, 4.69) is 15.5 Å². The molecular formula is C15H14ClF3N4O2. The zero-order chi connectivity index (χ0) is 18.0. The lowest BCUT2D eigenvalue weighted by Crippen LogP contribution is -2.40. The fourth-order valence-electron chi connectivity index (χ4n) is 2.61. The highest BCUT2D eigenvalue weighted by atomic mass is 35.5. The molecule has 25 heavy (non-hydrogen) atoms. The number of alkyl halides is 3. The van der Waals surface area contributed by atoms with Gasteiger partial charge in [-0.2, -0.15) is 13.2 Å². The third-order valence-electron chi connectivity index (χ3n) is 3.89. The van der Waals surface area contributed by atoms with Gasteiger partial charge < -0.3 is 14.6 Å². The number of hydrogen-bond acceptors (Lipinski definition) is 4. The Kier molecular flexibility index (Phi) is 4.85. The fraction of sp³-hybridized carbons (Fsp3) is 0.400. The Morgan fingerprint density at radius 3 is 2.60 bits per heavy atom. The lowest BCUT2D eigenvalue weighted by Gasteiger charge is -2.30. The van der Waals surface area contributed by atoms with E-state index in [1.807, 2.05) is 0 Å². The summed E-state index contributed by atoms with van der Waals surface area (Å²) in [4.78, 5) is 13.8. The van der Waals surface area contributed by atoms with Gasteiger partial charge in [0.2, 0.25) is 5.89 Å². The lowest BCUT2D eigenvalue weighted by molar-refractivity contribution is -0.157. The number of halogens is 4. The van der Waals surface area contributed by atoms with Gasteiger partial charge in [-0.25, -0.2) is 4.79 Å². The van der Waals surface area contributed by atoms with Crippen molar-refractivity contribution >= 4 is 23.3 Å². The van der Waals surface area contributed by atoms with Crippen LogP contribution in [0.1, 0.15) is 30.5 Å². The number of rotatable bonds is 2. The van der Waals surface area contributed by atoms with Crippen LogP contribution in [0.5, 0.6) is 0 Å². The molecule has 0 atom stereocenters. The molecule has 0 radical (unpaired) electrons. The molecule has 1 aliphatic heterocycles. The van der Waals surface area contributed by atoms with Gasteiger partial charge in [0, 0.05) is 29.7 Å². The van der Waals surface area contributed by atoms with E-state index in [4.69, 9.17) is 16.0 Å². The molecule has 2 heterocycles. The Labute approximate surface area is 146 Å². The number of aromatic nitrogens is 2. The van der Waals surface area contributed by atoms with E-state index in [0.717, 1.165) is 0 Å². The predicted molar refractivity (Wildman–Crippen MR) is 83.3 cm³/mol. The van der Waals surface area contributed by atoms with Crippen molar-refractivity contribution in [3.63, 3.8) is 0 Å². The number of hydrogen-bond donors (Lipinski definition) is 1. The van der Waals surface area contributed by atoms with Crippen LogP contribution in [0.4, 0.5) is 23.7 Å². The van der Waals surface area contributed by atoms with Crippen molar-refractivity contribution in [2.24, 2.45) is 0 Å². The molecule has 1 aromatic heterocycles. The second kappa shape index (κ2) is 6.91. The maximum Gasteiger partial charge on any atom is 0.470 e. The third kappa shape index (κ3) is 4.22. The van der Waals surface area contributed by atoms with Crippen LogP contribution in [0, 0.1) is 0 Å². The minimum Gasteiger partial charge on any atom is -0.417 e. The topological polar surface area (TPSA) is 71.3 Å². The van der Waals surface area contributed by atoms with Crippen LogP contribution >= 0.6 is 11.6 Å². The summed E-state index contributed by atoms with van der Waals surface area (Å²) < 4.78 is 42.2. The summed E-state index contributed by atoms with van der Waals surface area (Å²) in [7, 11) is 0. The summed E-state index contributed by atoms with van der Waals surface area (Å²) in [6, 6.07) is 6.47. The van der Waals surface area contributed by atoms with Crippen LogP contribution in [0.15, 0.2) is 28.7 Å². The quantitative estimate of drug-likeness (QED) is 0.857. The molecule has 1 aliphatic rings. The number of nitrogens with one attached hydrogen (secondary N) is 1. The maximum absolute atomic E-state index is 12.5. The second-order valence-electron chi connectivity index (χ2n) is 5.65. The first kappa shape index (κ1) is 17.5. The van der Waals surface area contributed by atoms with Crippen molar-refractivity contribution in [3.8, 4) is 0 Å². The van der Waals surface area contributed by atoms with Crippen molar-refractivity contribution in [1.29, 1.82) is 0 Å². The van der Waals surface area contributed by atoms with Crippen LogP contribution in [0.25, 0.3) is 0 Å². The molecule has 3 rings (SSSR count). The molecule has 0 bridgehead atoms. The fourth-order valence-corrected chi connectivity index (χ4v) is 2.80. The Morgan fingerprint density at radius 2 is 2.00 bits per heavy atom. The summed E-state index contributed by atoms with van der Waals surface area (Å²) in [6.07, 6.45) is -3.76. The van der Waals surface area contributed by atoms with Gasteiger partial charge in [0.25, 0.3) is 0 Å². The number of piperidine rings is 1. The minimum absolute atomic E-state index is 0.0396. The molecule has 0 spiro atoms. The molecule has 1 fully saturated rings. The van der Waals surface area contributed by atoms with E-state index in [9.17, 15) is 18.0 Å². The van der Waals surface area contributed by atoms with Gasteiger partial charge >= 0.3 is 18.1 Å². The summed E-state index contributed by atoms with van der Waals surface area (Å²) in [6.45, 7) is 0.752. The molecule has 1 N–H and O–H groups in total. The van der Waals surface area contributed by atoms with Crippen LogP contribution < -0.4 is 5.32 Å². The number of amides is 2. The highest BCUT2D eigenvalue weighted by Crippen LogP contribution is 2.32. The van der Waals surface area contributed by atoms with Crippen LogP contribution in [0.2, 0.25) is 5.02 Å². The summed E-state index contributed by atoms with van der Waals surface area (Å²) in [5.74, 6) is -1.68. The zero-order valence-electron chi connectivity index (χ0n) is 12.9. The molecule has 0 unspecified atom stereocenters. The van der Waals surface area contributed by atoms with Crippen molar-refractivity contribution < 1.29 is 22.4 Å². The van der Waals surface area contributed by atoms with Gasteiger partial charge in [-0.05, 0) is 31.0 Å². The highest BCUT2D eigenvalue weighted by molar-refractivity contribution is 6.30. The standard InChI is InChI=1S/C15H14ClF3N4O2/c16-10-2-1-3-11(8-10)20-14(24)23-6-4-9(5-7-23)12-21-22-13(25-12)15(17,18)19/h1-3,8-9H,4-7H2,(H,20,24). The van der Waals surface area contributed by atoms with Gasteiger partial charge in [-0.15, -0.1) is 10.2 Å². The van der Waals surface area contributed by atoms with Crippen molar-refractivity contribution in [1.82, 2.24) is 15.1 Å². The largest absolute Gasteiger partial charge is 0.470 e. The average molecular weight is 375 g/mol. The molecule has 0 aliphatic carbocycles. The normalized spacial score (nSPS) is 16.1. The number of likely N-dealkylation sites (tertiary alicyclic amines) is 1. The zero-order valence-corrected chi connectivity index (χ0v) is 13.6. The minimum atomic E-state index is -4.65. The SMILES string of the molecule is O=C(Nc1cccc(Cl)c1)N1CCC(c2nnc(C(F)(F)F)o2)CC1. The third-order valence-corrected chi connectivity index (χ3v) is 4.13. The Morgan fingerprint density at radius 1 is 1.28 bits per heavy atom. The molecular weight excluding hydrogens is 361 g/mol. The average Bonchev–Trinajstić information content (AvgIpc) is 3.05. The van der Waals surface area contributed by atoms with Gasteiger partial charge in [-0.1, -0.05) is 17.7 Å². The first-order chi connectivity index (χ1) is 11.8. The molecule has 1 saturated heterocycles. The molecule has 0 saturated carbocycles. The van der Waals surface area contributed by atoms with E-state index in [0.29, 0.717) is 36.6 Å². The first-order valence-electron chi connectivity index (χ1n) is 7.55. The maximum atomic E-state index is 12.5. The molecule has 2 amide bonds. The lowest BCUT2D eigenvalue weighted by atomic mass is 9.97. The predicted octanol–water partition coefficient (Wildman–Crippen LogP) is 4.15. The van der Waals surface area contributed by atoms with E-state index in [1.54, 1.807) is 29.2 Å². The smallest absolute Gasteiger partial charge is 0.417 e. The van der Waals surface area contributed by atoms with E-state index in [1.165, 1.54) is 0 Å².